The van der Waals surface area contributed by atoms with Gasteiger partial charge >= 0.3 is 0 Å². The van der Waals surface area contributed by atoms with E-state index in [0.29, 0.717) is 0 Å². The van der Waals surface area contributed by atoms with Crippen LogP contribution in [0.2, 0.25) is 0 Å². The van der Waals surface area contributed by atoms with E-state index in [1.165, 1.54) is 5.56 Å². The van der Waals surface area contributed by atoms with Crippen LogP contribution in [-0.4, -0.2) is 25.5 Å². The molecule has 116 valence electrons. The first-order chi connectivity index (χ1) is 11.4. The van der Waals surface area contributed by atoms with Gasteiger partial charge in [0.2, 0.25) is 0 Å². The molecule has 2 aromatic heterocycles. The van der Waals surface area contributed by atoms with Crippen molar-refractivity contribution in [3.63, 3.8) is 0 Å². The van der Waals surface area contributed by atoms with Gasteiger partial charge in [-0.1, -0.05) is 54.2 Å². The molecule has 0 aliphatic rings. The topological polar surface area (TPSA) is 43.6 Å². The maximum absolute atomic E-state index is 4.33. The summed E-state index contributed by atoms with van der Waals surface area (Å²) in [6, 6.07) is 14.2. The molecular weight excluding hydrogens is 304 g/mol. The minimum atomic E-state index is 0.843. The normalized spacial score (nSPS) is 11.2. The van der Waals surface area contributed by atoms with Gasteiger partial charge in [0.25, 0.3) is 0 Å². The van der Waals surface area contributed by atoms with E-state index >= 15 is 0 Å². The first-order valence-electron chi connectivity index (χ1n) is 7.56. The second-order valence-corrected chi connectivity index (χ2v) is 5.90. The fourth-order valence-electron chi connectivity index (χ4n) is 2.27. The third-order valence-corrected chi connectivity index (χ3v) is 4.31. The van der Waals surface area contributed by atoms with E-state index in [4.69, 9.17) is 0 Å². The number of aromatic nitrogens is 4. The van der Waals surface area contributed by atoms with Gasteiger partial charge in [-0.2, -0.15) is 0 Å². The highest BCUT2D eigenvalue weighted by Crippen LogP contribution is 2.23. The van der Waals surface area contributed by atoms with Crippen molar-refractivity contribution in [3.05, 3.63) is 66.5 Å². The van der Waals surface area contributed by atoms with Crippen LogP contribution in [0.5, 0.6) is 0 Å². The molecule has 0 spiro atoms. The first kappa shape index (κ1) is 15.5. The van der Waals surface area contributed by atoms with Gasteiger partial charge in [0.15, 0.2) is 11.0 Å². The lowest BCUT2D eigenvalue weighted by atomic mass is 10.2. The molecule has 0 unspecified atom stereocenters. The largest absolute Gasteiger partial charge is 0.302 e. The molecule has 23 heavy (non-hydrogen) atoms. The summed E-state index contributed by atoms with van der Waals surface area (Å²) in [5.41, 5.74) is 2.25. The van der Waals surface area contributed by atoms with Crippen molar-refractivity contribution in [3.8, 4) is 11.4 Å². The molecule has 0 atom stereocenters. The maximum atomic E-state index is 4.33. The van der Waals surface area contributed by atoms with Crippen molar-refractivity contribution in [1.29, 1.82) is 0 Å². The van der Waals surface area contributed by atoms with Gasteiger partial charge in [-0.25, -0.2) is 0 Å². The minimum Gasteiger partial charge on any atom is -0.302 e. The minimum absolute atomic E-state index is 0.843. The van der Waals surface area contributed by atoms with E-state index < -0.39 is 0 Å². The third-order valence-electron chi connectivity index (χ3n) is 3.39. The van der Waals surface area contributed by atoms with Crippen LogP contribution in [-0.2, 0) is 6.54 Å². The molecule has 0 fully saturated rings. The Labute approximate surface area is 140 Å². The first-order valence-corrected chi connectivity index (χ1v) is 8.55. The van der Waals surface area contributed by atoms with Crippen molar-refractivity contribution in [2.24, 2.45) is 0 Å². The third kappa shape index (κ3) is 3.87. The van der Waals surface area contributed by atoms with E-state index in [9.17, 15) is 0 Å². The maximum Gasteiger partial charge on any atom is 0.191 e. The zero-order valence-electron chi connectivity index (χ0n) is 13.0. The van der Waals surface area contributed by atoms with Crippen molar-refractivity contribution < 1.29 is 0 Å². The standard InChI is InChI=1S/C18H18N4S/c1-2-22-17(16-10-12-19-13-11-16)20-21-18(22)23-14-6-9-15-7-4-3-5-8-15/h3-13H,2,14H2,1H3/b9-6+. The van der Waals surface area contributed by atoms with Crippen molar-refractivity contribution in [2.75, 3.05) is 5.75 Å². The van der Waals surface area contributed by atoms with Gasteiger partial charge in [-0.3, -0.25) is 4.98 Å². The summed E-state index contributed by atoms with van der Waals surface area (Å²) in [6.07, 6.45) is 7.84. The van der Waals surface area contributed by atoms with Gasteiger partial charge in [-0.15, -0.1) is 10.2 Å². The Hall–Kier alpha value is -2.40. The highest BCUT2D eigenvalue weighted by atomic mass is 32.2. The number of hydrogen-bond acceptors (Lipinski definition) is 4. The van der Waals surface area contributed by atoms with Crippen LogP contribution in [0.1, 0.15) is 12.5 Å². The fourth-order valence-corrected chi connectivity index (χ4v) is 3.08. The molecule has 0 aliphatic carbocycles. The van der Waals surface area contributed by atoms with Crippen LogP contribution in [0.3, 0.4) is 0 Å². The van der Waals surface area contributed by atoms with Gasteiger partial charge in [0.1, 0.15) is 0 Å². The predicted molar refractivity (Wildman–Crippen MR) is 95.1 cm³/mol. The zero-order chi connectivity index (χ0) is 15.9. The lowest BCUT2D eigenvalue weighted by molar-refractivity contribution is 0.688. The molecule has 0 bridgehead atoms. The smallest absolute Gasteiger partial charge is 0.191 e. The Bertz CT molecular complexity index is 766. The Balaban J connectivity index is 1.69. The lowest BCUT2D eigenvalue weighted by Crippen LogP contribution is -1.99. The molecule has 0 saturated carbocycles. The van der Waals surface area contributed by atoms with Crippen LogP contribution in [0, 0.1) is 0 Å². The second kappa shape index (κ2) is 7.74. The summed E-state index contributed by atoms with van der Waals surface area (Å²) < 4.78 is 2.14. The average Bonchev–Trinajstić information content (AvgIpc) is 3.03. The molecule has 0 saturated heterocycles. The number of nitrogens with zero attached hydrogens (tertiary/aromatic N) is 4. The summed E-state index contributed by atoms with van der Waals surface area (Å²) in [4.78, 5) is 4.05. The van der Waals surface area contributed by atoms with Crippen LogP contribution >= 0.6 is 11.8 Å². The summed E-state index contributed by atoms with van der Waals surface area (Å²) >= 11 is 1.69. The number of benzene rings is 1. The van der Waals surface area contributed by atoms with E-state index in [1.807, 2.05) is 30.3 Å². The zero-order valence-corrected chi connectivity index (χ0v) is 13.8. The molecule has 3 rings (SSSR count). The average molecular weight is 322 g/mol. The molecule has 4 nitrogen and oxygen atoms in total. The SMILES string of the molecule is CCn1c(SC/C=C/c2ccccc2)nnc1-c1ccncc1. The molecule has 0 amide bonds. The van der Waals surface area contributed by atoms with Gasteiger partial charge < -0.3 is 4.57 Å². The quantitative estimate of drug-likeness (QED) is 0.639. The van der Waals surface area contributed by atoms with Gasteiger partial charge in [0, 0.05) is 30.3 Å². The molecule has 3 aromatic rings. The molecule has 5 heteroatoms. The highest BCUT2D eigenvalue weighted by molar-refractivity contribution is 7.99. The molecular formula is C18H18N4S. The van der Waals surface area contributed by atoms with Crippen LogP contribution < -0.4 is 0 Å². The van der Waals surface area contributed by atoms with Gasteiger partial charge in [-0.05, 0) is 24.6 Å². The molecule has 1 aromatic carbocycles. The molecule has 0 N–H and O–H groups in total. The van der Waals surface area contributed by atoms with E-state index in [-0.39, 0.29) is 0 Å². The Morgan fingerprint density at radius 1 is 1.04 bits per heavy atom. The fraction of sp³-hybridized carbons (Fsp3) is 0.167. The number of hydrogen-bond donors (Lipinski definition) is 0. The Morgan fingerprint density at radius 3 is 2.57 bits per heavy atom. The number of rotatable bonds is 6. The van der Waals surface area contributed by atoms with Crippen molar-refractivity contribution in [2.45, 2.75) is 18.6 Å². The molecule has 2 heterocycles. The van der Waals surface area contributed by atoms with E-state index in [1.54, 1.807) is 24.2 Å². The Morgan fingerprint density at radius 2 is 1.83 bits per heavy atom. The number of pyridine rings is 1. The van der Waals surface area contributed by atoms with Crippen molar-refractivity contribution >= 4 is 17.8 Å². The van der Waals surface area contributed by atoms with Crippen LogP contribution in [0.25, 0.3) is 17.5 Å². The highest BCUT2D eigenvalue weighted by Gasteiger charge is 2.12. The molecule has 0 radical (unpaired) electrons. The van der Waals surface area contributed by atoms with Crippen molar-refractivity contribution in [1.82, 2.24) is 19.7 Å². The molecule has 0 aliphatic heterocycles. The summed E-state index contributed by atoms with van der Waals surface area (Å²) in [5.74, 6) is 1.76. The number of thioether (sulfide) groups is 1. The second-order valence-electron chi connectivity index (χ2n) is 4.91. The van der Waals surface area contributed by atoms with E-state index in [2.05, 4.69) is 51.0 Å². The van der Waals surface area contributed by atoms with Crippen LogP contribution in [0.4, 0.5) is 0 Å². The lowest BCUT2D eigenvalue weighted by Gasteiger charge is -2.06. The van der Waals surface area contributed by atoms with Crippen LogP contribution in [0.15, 0.2) is 66.1 Å². The summed E-state index contributed by atoms with van der Waals surface area (Å²) in [6.45, 7) is 2.95. The monoisotopic (exact) mass is 322 g/mol. The predicted octanol–water partition coefficient (Wildman–Crippen LogP) is 4.17. The summed E-state index contributed by atoms with van der Waals surface area (Å²) in [5, 5.41) is 9.61. The van der Waals surface area contributed by atoms with Gasteiger partial charge in [0.05, 0.1) is 0 Å². The van der Waals surface area contributed by atoms with E-state index in [0.717, 1.165) is 28.8 Å². The summed E-state index contributed by atoms with van der Waals surface area (Å²) in [7, 11) is 0. The Kier molecular flexibility index (Phi) is 5.21.